The second-order valence-electron chi connectivity index (χ2n) is 6.63. The Hall–Kier alpha value is -3.39. The largest absolute Gasteiger partial charge is 0.497 e. The quantitative estimate of drug-likeness (QED) is 0.582. The van der Waals surface area contributed by atoms with Crippen molar-refractivity contribution in [1.82, 2.24) is 4.57 Å². The van der Waals surface area contributed by atoms with E-state index in [1.807, 2.05) is 0 Å². The topological polar surface area (TPSA) is 86.6 Å². The van der Waals surface area contributed by atoms with E-state index in [0.717, 1.165) is 11.3 Å². The highest BCUT2D eigenvalue weighted by Crippen LogP contribution is 2.23. The zero-order valence-corrected chi connectivity index (χ0v) is 18.0. The number of ketones is 1. The van der Waals surface area contributed by atoms with Crippen LogP contribution in [-0.2, 0) is 6.54 Å². The zero-order chi connectivity index (χ0) is 21.8. The Bertz CT molecular complexity index is 1150. The zero-order valence-electron chi connectivity index (χ0n) is 17.1. The molecule has 2 aromatic carbocycles. The fraction of sp³-hybridized carbons (Fsp3) is 0.227. The van der Waals surface area contributed by atoms with E-state index >= 15 is 0 Å². The molecule has 0 saturated carbocycles. The van der Waals surface area contributed by atoms with Gasteiger partial charge in [0.05, 0.1) is 20.8 Å². The van der Waals surface area contributed by atoms with E-state index in [1.54, 1.807) is 56.5 Å². The van der Waals surface area contributed by atoms with E-state index in [2.05, 4.69) is 5.32 Å². The van der Waals surface area contributed by atoms with Gasteiger partial charge in [-0.1, -0.05) is 11.3 Å². The second kappa shape index (κ2) is 8.96. The number of Topliss-reactive ketones (excluding diaryl/α,β-unsaturated/α-hetero) is 1. The molecule has 0 aliphatic heterocycles. The Balaban J connectivity index is 1.88. The van der Waals surface area contributed by atoms with Gasteiger partial charge in [0.15, 0.2) is 5.78 Å². The number of rotatable bonds is 7. The van der Waals surface area contributed by atoms with Crippen molar-refractivity contribution in [3.63, 3.8) is 0 Å². The maximum absolute atomic E-state index is 12.7. The normalized spacial score (nSPS) is 10.5. The van der Waals surface area contributed by atoms with Crippen LogP contribution in [-0.4, -0.2) is 30.5 Å². The number of methoxy groups -OCH3 is 2. The minimum absolute atomic E-state index is 0.0761. The lowest BCUT2D eigenvalue weighted by atomic mass is 10.1. The highest BCUT2D eigenvalue weighted by molar-refractivity contribution is 7.11. The number of amides is 1. The molecule has 0 saturated heterocycles. The van der Waals surface area contributed by atoms with Crippen molar-refractivity contribution >= 4 is 28.7 Å². The first-order chi connectivity index (χ1) is 14.3. The first kappa shape index (κ1) is 21.3. The standard InChI is InChI=1S/C22H22N2O5S/c1-13-20(21(26)23-17-6-8-18(28-3)9-7-17)30-22(27)24(13)12-16-11-15(14(2)25)5-10-19(16)29-4/h5-11H,12H2,1-4H3,(H,23,26). The number of anilines is 1. The van der Waals surface area contributed by atoms with Crippen molar-refractivity contribution in [1.29, 1.82) is 0 Å². The third kappa shape index (κ3) is 4.44. The number of benzene rings is 2. The number of carbonyl (C=O) groups is 2. The van der Waals surface area contributed by atoms with Crippen molar-refractivity contribution in [2.24, 2.45) is 0 Å². The summed E-state index contributed by atoms with van der Waals surface area (Å²) < 4.78 is 12.0. The maximum Gasteiger partial charge on any atom is 0.308 e. The average molecular weight is 426 g/mol. The van der Waals surface area contributed by atoms with Crippen LogP contribution in [0.1, 0.15) is 38.2 Å². The minimum atomic E-state index is -0.358. The van der Waals surface area contributed by atoms with E-state index < -0.39 is 0 Å². The SMILES string of the molecule is COc1ccc(NC(=O)c2sc(=O)n(Cc3cc(C(C)=O)ccc3OC)c2C)cc1. The molecule has 0 unspecified atom stereocenters. The summed E-state index contributed by atoms with van der Waals surface area (Å²) in [5.74, 6) is 0.819. The van der Waals surface area contributed by atoms with Crippen LogP contribution in [0.2, 0.25) is 0 Å². The average Bonchev–Trinajstić information content (AvgIpc) is 3.02. The molecule has 3 rings (SSSR count). The van der Waals surface area contributed by atoms with Crippen LogP contribution in [0.15, 0.2) is 47.3 Å². The van der Waals surface area contributed by atoms with Gasteiger partial charge >= 0.3 is 4.87 Å². The van der Waals surface area contributed by atoms with Crippen molar-refractivity contribution in [3.8, 4) is 11.5 Å². The van der Waals surface area contributed by atoms with Crippen molar-refractivity contribution < 1.29 is 19.1 Å². The van der Waals surface area contributed by atoms with Gasteiger partial charge in [-0.25, -0.2) is 0 Å². The van der Waals surface area contributed by atoms with E-state index in [4.69, 9.17) is 9.47 Å². The molecule has 8 heteroatoms. The summed E-state index contributed by atoms with van der Waals surface area (Å²) in [6, 6.07) is 12.0. The molecule has 0 aliphatic rings. The van der Waals surface area contributed by atoms with Gasteiger partial charge < -0.3 is 14.8 Å². The van der Waals surface area contributed by atoms with Gasteiger partial charge in [0.25, 0.3) is 5.91 Å². The Morgan fingerprint density at radius 3 is 2.37 bits per heavy atom. The smallest absolute Gasteiger partial charge is 0.308 e. The summed E-state index contributed by atoms with van der Waals surface area (Å²) in [5.41, 5.74) is 2.37. The van der Waals surface area contributed by atoms with Gasteiger partial charge in [-0.05, 0) is 56.3 Å². The number of nitrogens with zero attached hydrogens (tertiary/aromatic N) is 1. The van der Waals surface area contributed by atoms with E-state index in [0.29, 0.717) is 38.9 Å². The molecule has 0 atom stereocenters. The summed E-state index contributed by atoms with van der Waals surface area (Å²) in [4.78, 5) is 37.1. The summed E-state index contributed by atoms with van der Waals surface area (Å²) in [6.45, 7) is 3.40. The molecule has 1 amide bonds. The van der Waals surface area contributed by atoms with Crippen LogP contribution in [0.3, 0.4) is 0 Å². The third-order valence-electron chi connectivity index (χ3n) is 4.71. The lowest BCUT2D eigenvalue weighted by Gasteiger charge is -2.12. The number of hydrogen-bond acceptors (Lipinski definition) is 6. The predicted molar refractivity (Wildman–Crippen MR) is 116 cm³/mol. The van der Waals surface area contributed by atoms with Gasteiger partial charge in [0, 0.05) is 22.5 Å². The van der Waals surface area contributed by atoms with Gasteiger partial charge in [0.1, 0.15) is 16.4 Å². The molecule has 30 heavy (non-hydrogen) atoms. The van der Waals surface area contributed by atoms with Crippen LogP contribution < -0.4 is 19.7 Å². The molecule has 1 N–H and O–H groups in total. The molecule has 0 bridgehead atoms. The molecule has 7 nitrogen and oxygen atoms in total. The summed E-state index contributed by atoms with van der Waals surface area (Å²) >= 11 is 0.882. The number of aromatic nitrogens is 1. The summed E-state index contributed by atoms with van der Waals surface area (Å²) in [7, 11) is 3.10. The number of ether oxygens (including phenoxy) is 2. The van der Waals surface area contributed by atoms with E-state index in [1.165, 1.54) is 18.6 Å². The molecule has 3 aromatic rings. The number of thiazole rings is 1. The molecule has 1 heterocycles. The molecule has 1 aromatic heterocycles. The lowest BCUT2D eigenvalue weighted by Crippen LogP contribution is -2.17. The van der Waals surface area contributed by atoms with Crippen molar-refractivity contribution in [2.45, 2.75) is 20.4 Å². The highest BCUT2D eigenvalue weighted by atomic mass is 32.1. The van der Waals surface area contributed by atoms with Gasteiger partial charge in [0.2, 0.25) is 0 Å². The molecule has 0 fully saturated rings. The Morgan fingerprint density at radius 1 is 1.07 bits per heavy atom. The minimum Gasteiger partial charge on any atom is -0.497 e. The van der Waals surface area contributed by atoms with Gasteiger partial charge in [-0.3, -0.25) is 19.0 Å². The Labute approximate surface area is 177 Å². The summed E-state index contributed by atoms with van der Waals surface area (Å²) in [6.07, 6.45) is 0. The van der Waals surface area contributed by atoms with Crippen LogP contribution in [0.25, 0.3) is 0 Å². The van der Waals surface area contributed by atoms with E-state index in [9.17, 15) is 14.4 Å². The fourth-order valence-electron chi connectivity index (χ4n) is 3.02. The van der Waals surface area contributed by atoms with Crippen LogP contribution >= 0.6 is 11.3 Å². The lowest BCUT2D eigenvalue weighted by molar-refractivity contribution is 0.101. The fourth-order valence-corrected chi connectivity index (χ4v) is 3.91. The Kier molecular flexibility index (Phi) is 6.37. The predicted octanol–water partition coefficient (Wildman–Crippen LogP) is 3.74. The number of carbonyl (C=O) groups excluding carboxylic acids is 2. The van der Waals surface area contributed by atoms with Gasteiger partial charge in [-0.15, -0.1) is 0 Å². The van der Waals surface area contributed by atoms with Crippen molar-refractivity contribution in [2.75, 3.05) is 19.5 Å². The molecular weight excluding hydrogens is 404 g/mol. The van der Waals surface area contributed by atoms with Crippen LogP contribution in [0.4, 0.5) is 5.69 Å². The molecule has 0 radical (unpaired) electrons. The second-order valence-corrected chi connectivity index (χ2v) is 7.60. The Morgan fingerprint density at radius 2 is 1.77 bits per heavy atom. The maximum atomic E-state index is 12.7. The van der Waals surface area contributed by atoms with E-state index in [-0.39, 0.29) is 23.1 Å². The first-order valence-corrected chi connectivity index (χ1v) is 9.99. The summed E-state index contributed by atoms with van der Waals surface area (Å²) in [5, 5.41) is 2.80. The molecular formula is C22H22N2O5S. The highest BCUT2D eigenvalue weighted by Gasteiger charge is 2.19. The van der Waals surface area contributed by atoms with Crippen LogP contribution in [0.5, 0.6) is 11.5 Å². The van der Waals surface area contributed by atoms with Crippen molar-refractivity contribution in [3.05, 3.63) is 73.8 Å². The first-order valence-electron chi connectivity index (χ1n) is 9.17. The third-order valence-corrected chi connectivity index (χ3v) is 5.79. The number of hydrogen-bond donors (Lipinski definition) is 1. The molecule has 0 spiro atoms. The number of nitrogens with one attached hydrogen (secondary N) is 1. The van der Waals surface area contributed by atoms with Crippen LogP contribution in [0, 0.1) is 6.92 Å². The monoisotopic (exact) mass is 426 g/mol. The molecule has 156 valence electrons. The van der Waals surface area contributed by atoms with Gasteiger partial charge in [-0.2, -0.15) is 0 Å². The molecule has 0 aliphatic carbocycles.